The van der Waals surface area contributed by atoms with Gasteiger partial charge in [0, 0.05) is 11.6 Å². The van der Waals surface area contributed by atoms with Crippen molar-refractivity contribution in [3.8, 4) is 11.3 Å². The lowest BCUT2D eigenvalue weighted by molar-refractivity contribution is 0.0941. The predicted molar refractivity (Wildman–Crippen MR) is 69.5 cm³/mol. The molecule has 0 fully saturated rings. The number of carbonyl (C=O) groups excluding carboxylic acids is 1. The molecule has 7 nitrogen and oxygen atoms in total. The number of rotatable bonds is 4. The van der Waals surface area contributed by atoms with Gasteiger partial charge in [0.15, 0.2) is 11.5 Å². The summed E-state index contributed by atoms with van der Waals surface area (Å²) < 4.78 is 5.16. The molecule has 0 bridgehead atoms. The predicted octanol–water partition coefficient (Wildman–Crippen LogP) is 1.39. The van der Waals surface area contributed by atoms with Crippen LogP contribution in [0, 0.1) is 0 Å². The van der Waals surface area contributed by atoms with Crippen molar-refractivity contribution < 1.29 is 9.32 Å². The van der Waals surface area contributed by atoms with Crippen LogP contribution in [-0.4, -0.2) is 26.5 Å². The number of H-pyrrole nitrogens is 1. The normalized spacial score (nSPS) is 10.4. The molecule has 0 aliphatic rings. The third-order valence-corrected chi connectivity index (χ3v) is 2.70. The number of hydrogen-bond donors (Lipinski definition) is 2. The van der Waals surface area contributed by atoms with E-state index in [4.69, 9.17) is 4.52 Å². The van der Waals surface area contributed by atoms with Gasteiger partial charge < -0.3 is 9.84 Å². The topological polar surface area (TPSA) is 96.7 Å². The first kappa shape index (κ1) is 12.1. The van der Waals surface area contributed by atoms with Gasteiger partial charge in [0.05, 0.1) is 12.7 Å². The fourth-order valence-corrected chi connectivity index (χ4v) is 1.69. The number of aromatic amines is 1. The van der Waals surface area contributed by atoms with E-state index in [1.54, 1.807) is 12.3 Å². The molecule has 3 aromatic rings. The minimum absolute atomic E-state index is 0.229. The van der Waals surface area contributed by atoms with Crippen molar-refractivity contribution in [1.82, 2.24) is 25.9 Å². The molecule has 2 N–H and O–H groups in total. The molecule has 0 saturated carbocycles. The SMILES string of the molecule is O=C(NCc1cn[nH]n1)c1cc(-c2ccccc2)on1. The van der Waals surface area contributed by atoms with E-state index in [9.17, 15) is 4.79 Å². The van der Waals surface area contributed by atoms with E-state index < -0.39 is 0 Å². The van der Waals surface area contributed by atoms with Crippen molar-refractivity contribution in [3.05, 3.63) is 54.0 Å². The number of nitrogens with zero attached hydrogens (tertiary/aromatic N) is 3. The Hall–Kier alpha value is -2.96. The standard InChI is InChI=1S/C13H11N5O2/c19-13(14-7-10-8-15-18-16-10)11-6-12(20-17-11)9-4-2-1-3-5-9/h1-6,8H,7H2,(H,14,19)(H,15,16,18). The number of hydrogen-bond acceptors (Lipinski definition) is 5. The summed E-state index contributed by atoms with van der Waals surface area (Å²) in [6.07, 6.45) is 1.54. The second-order valence-electron chi connectivity index (χ2n) is 4.09. The second-order valence-corrected chi connectivity index (χ2v) is 4.09. The Kier molecular flexibility index (Phi) is 3.24. The zero-order valence-corrected chi connectivity index (χ0v) is 10.4. The van der Waals surface area contributed by atoms with E-state index in [0.717, 1.165) is 5.56 Å². The average Bonchev–Trinajstić information content (AvgIpc) is 3.17. The molecule has 1 aromatic carbocycles. The van der Waals surface area contributed by atoms with Crippen molar-refractivity contribution in [1.29, 1.82) is 0 Å². The number of carbonyl (C=O) groups is 1. The maximum Gasteiger partial charge on any atom is 0.273 e. The summed E-state index contributed by atoms with van der Waals surface area (Å²) in [5.41, 5.74) is 1.74. The maximum absolute atomic E-state index is 11.9. The third-order valence-electron chi connectivity index (χ3n) is 2.70. The largest absolute Gasteiger partial charge is 0.355 e. The first-order chi connectivity index (χ1) is 9.83. The van der Waals surface area contributed by atoms with Crippen molar-refractivity contribution >= 4 is 5.91 Å². The van der Waals surface area contributed by atoms with Gasteiger partial charge >= 0.3 is 0 Å². The molecule has 0 atom stereocenters. The highest BCUT2D eigenvalue weighted by Gasteiger charge is 2.13. The molecule has 0 spiro atoms. The van der Waals surface area contributed by atoms with Crippen LogP contribution in [0.1, 0.15) is 16.2 Å². The Balaban J connectivity index is 1.69. The maximum atomic E-state index is 11.9. The fourth-order valence-electron chi connectivity index (χ4n) is 1.69. The molecule has 1 amide bonds. The minimum Gasteiger partial charge on any atom is -0.355 e. The molecule has 2 aromatic heterocycles. The molecule has 0 unspecified atom stereocenters. The van der Waals surface area contributed by atoms with Gasteiger partial charge in [-0.2, -0.15) is 15.4 Å². The van der Waals surface area contributed by atoms with E-state index in [1.807, 2.05) is 30.3 Å². The van der Waals surface area contributed by atoms with Crippen LogP contribution in [0.5, 0.6) is 0 Å². The number of nitrogens with one attached hydrogen (secondary N) is 2. The number of benzene rings is 1. The average molecular weight is 269 g/mol. The highest BCUT2D eigenvalue weighted by atomic mass is 16.5. The summed E-state index contributed by atoms with van der Waals surface area (Å²) in [7, 11) is 0. The fraction of sp³-hybridized carbons (Fsp3) is 0.0769. The lowest BCUT2D eigenvalue weighted by Crippen LogP contribution is -2.23. The van der Waals surface area contributed by atoms with Gasteiger partial charge in [0.2, 0.25) is 0 Å². The van der Waals surface area contributed by atoms with Crippen LogP contribution in [0.4, 0.5) is 0 Å². The highest BCUT2D eigenvalue weighted by Crippen LogP contribution is 2.19. The Labute approximate surface area is 114 Å². The van der Waals surface area contributed by atoms with Crippen molar-refractivity contribution in [3.63, 3.8) is 0 Å². The molecule has 0 saturated heterocycles. The monoisotopic (exact) mass is 269 g/mol. The molecule has 3 rings (SSSR count). The molecular weight excluding hydrogens is 258 g/mol. The van der Waals surface area contributed by atoms with Gasteiger partial charge in [-0.1, -0.05) is 35.5 Å². The van der Waals surface area contributed by atoms with Crippen molar-refractivity contribution in [2.45, 2.75) is 6.54 Å². The van der Waals surface area contributed by atoms with Crippen molar-refractivity contribution in [2.24, 2.45) is 0 Å². The first-order valence-corrected chi connectivity index (χ1v) is 5.98. The minimum atomic E-state index is -0.320. The van der Waals surface area contributed by atoms with Crippen LogP contribution in [0.2, 0.25) is 0 Å². The summed E-state index contributed by atoms with van der Waals surface area (Å²) in [4.78, 5) is 11.9. The third kappa shape index (κ3) is 2.56. The molecule has 0 radical (unpaired) electrons. The molecular formula is C13H11N5O2. The molecule has 100 valence electrons. The van der Waals surface area contributed by atoms with Gasteiger partial charge in [0.1, 0.15) is 5.69 Å². The highest BCUT2D eigenvalue weighted by molar-refractivity contribution is 5.92. The van der Waals surface area contributed by atoms with Crippen LogP contribution in [0.25, 0.3) is 11.3 Å². The Morgan fingerprint density at radius 2 is 2.15 bits per heavy atom. The molecule has 7 heteroatoms. The molecule has 20 heavy (non-hydrogen) atoms. The van der Waals surface area contributed by atoms with Crippen LogP contribution in [0.3, 0.4) is 0 Å². The van der Waals surface area contributed by atoms with E-state index in [0.29, 0.717) is 11.5 Å². The van der Waals surface area contributed by atoms with E-state index in [-0.39, 0.29) is 18.1 Å². The Bertz CT molecular complexity index is 691. The van der Waals surface area contributed by atoms with Gasteiger partial charge in [-0.25, -0.2) is 0 Å². The lowest BCUT2D eigenvalue weighted by Gasteiger charge is -1.97. The zero-order valence-electron chi connectivity index (χ0n) is 10.4. The molecule has 0 aliphatic carbocycles. The van der Waals surface area contributed by atoms with E-state index >= 15 is 0 Å². The number of aromatic nitrogens is 4. The zero-order chi connectivity index (χ0) is 13.8. The molecule has 0 aliphatic heterocycles. The summed E-state index contributed by atoms with van der Waals surface area (Å²) in [5, 5.41) is 16.4. The van der Waals surface area contributed by atoms with Gasteiger partial charge in [-0.3, -0.25) is 4.79 Å². The Morgan fingerprint density at radius 3 is 2.90 bits per heavy atom. The molecule has 2 heterocycles. The van der Waals surface area contributed by atoms with Crippen LogP contribution in [-0.2, 0) is 6.54 Å². The first-order valence-electron chi connectivity index (χ1n) is 5.98. The van der Waals surface area contributed by atoms with E-state index in [2.05, 4.69) is 25.9 Å². The van der Waals surface area contributed by atoms with Crippen molar-refractivity contribution in [2.75, 3.05) is 0 Å². The summed E-state index contributed by atoms with van der Waals surface area (Å²) in [5.74, 6) is 0.233. The smallest absolute Gasteiger partial charge is 0.273 e. The summed E-state index contributed by atoms with van der Waals surface area (Å²) in [6.45, 7) is 0.281. The lowest BCUT2D eigenvalue weighted by atomic mass is 10.1. The Morgan fingerprint density at radius 1 is 1.30 bits per heavy atom. The number of amides is 1. The summed E-state index contributed by atoms with van der Waals surface area (Å²) in [6, 6.07) is 11.1. The van der Waals surface area contributed by atoms with Gasteiger partial charge in [-0.05, 0) is 0 Å². The van der Waals surface area contributed by atoms with Gasteiger partial charge in [-0.15, -0.1) is 0 Å². The summed E-state index contributed by atoms with van der Waals surface area (Å²) >= 11 is 0. The quantitative estimate of drug-likeness (QED) is 0.746. The second kappa shape index (κ2) is 5.35. The van der Waals surface area contributed by atoms with E-state index in [1.165, 1.54) is 0 Å². The van der Waals surface area contributed by atoms with Crippen LogP contribution < -0.4 is 5.32 Å². The van der Waals surface area contributed by atoms with Crippen LogP contribution in [0.15, 0.2) is 47.1 Å². The van der Waals surface area contributed by atoms with Crippen LogP contribution >= 0.6 is 0 Å². The van der Waals surface area contributed by atoms with Gasteiger partial charge in [0.25, 0.3) is 5.91 Å².